The minimum absolute atomic E-state index is 0.0331. The molecular formula is C20H20N2OS2. The van der Waals surface area contributed by atoms with Crippen LogP contribution < -0.4 is 5.32 Å². The van der Waals surface area contributed by atoms with Gasteiger partial charge in [-0.15, -0.1) is 0 Å². The molecule has 1 saturated heterocycles. The van der Waals surface area contributed by atoms with E-state index in [1.807, 2.05) is 54.6 Å². The lowest BCUT2D eigenvalue weighted by atomic mass is 10.1. The van der Waals surface area contributed by atoms with E-state index in [0.29, 0.717) is 15.9 Å². The lowest BCUT2D eigenvalue weighted by Gasteiger charge is -2.22. The molecule has 1 aliphatic heterocycles. The molecule has 1 fully saturated rings. The summed E-state index contributed by atoms with van der Waals surface area (Å²) in [6.07, 6.45) is 2.84. The fourth-order valence-electron chi connectivity index (χ4n) is 2.72. The van der Waals surface area contributed by atoms with Crippen LogP contribution in [0.15, 0.2) is 65.6 Å². The van der Waals surface area contributed by atoms with Crippen LogP contribution in [0.1, 0.15) is 30.5 Å². The molecule has 3 nitrogen and oxygen atoms in total. The second kappa shape index (κ2) is 8.43. The lowest BCUT2D eigenvalue weighted by molar-refractivity contribution is -0.122. The maximum absolute atomic E-state index is 12.7. The summed E-state index contributed by atoms with van der Waals surface area (Å²) in [7, 11) is 0. The third-order valence-corrected chi connectivity index (χ3v) is 5.45. The summed E-state index contributed by atoms with van der Waals surface area (Å²) in [4.78, 5) is 15.0. The van der Waals surface area contributed by atoms with Crippen molar-refractivity contribution >= 4 is 40.3 Å². The average Bonchev–Trinajstić information content (AvgIpc) is 2.91. The zero-order chi connectivity index (χ0) is 17.6. The van der Waals surface area contributed by atoms with E-state index in [2.05, 4.69) is 24.4 Å². The van der Waals surface area contributed by atoms with E-state index < -0.39 is 0 Å². The van der Waals surface area contributed by atoms with Crippen molar-refractivity contribution in [3.05, 3.63) is 76.7 Å². The highest BCUT2D eigenvalue weighted by molar-refractivity contribution is 8.26. The van der Waals surface area contributed by atoms with Crippen molar-refractivity contribution in [3.8, 4) is 0 Å². The molecule has 1 atom stereocenters. The van der Waals surface area contributed by atoms with Gasteiger partial charge in [-0.1, -0.05) is 91.6 Å². The van der Waals surface area contributed by atoms with E-state index in [4.69, 9.17) is 12.2 Å². The maximum Gasteiger partial charge on any atom is 0.267 e. The number of nitrogens with zero attached hydrogens (tertiary/aromatic N) is 1. The highest BCUT2D eigenvalue weighted by Gasteiger charge is 2.32. The number of benzene rings is 2. The average molecular weight is 369 g/mol. The number of carbonyl (C=O) groups is 1. The largest absolute Gasteiger partial charge is 0.293 e. The number of amides is 1. The zero-order valence-electron chi connectivity index (χ0n) is 14.0. The first-order chi connectivity index (χ1) is 12.2. The Balaban J connectivity index is 1.68. The zero-order valence-corrected chi connectivity index (χ0v) is 15.6. The van der Waals surface area contributed by atoms with Crippen molar-refractivity contribution in [1.29, 1.82) is 0 Å². The highest BCUT2D eigenvalue weighted by Crippen LogP contribution is 2.32. The van der Waals surface area contributed by atoms with Gasteiger partial charge >= 0.3 is 0 Å². The van der Waals surface area contributed by atoms with Crippen molar-refractivity contribution in [3.63, 3.8) is 0 Å². The Morgan fingerprint density at radius 2 is 1.76 bits per heavy atom. The van der Waals surface area contributed by atoms with Gasteiger partial charge in [-0.2, -0.15) is 0 Å². The second-order valence-electron chi connectivity index (χ2n) is 5.75. The molecule has 0 aromatic heterocycles. The summed E-state index contributed by atoms with van der Waals surface area (Å²) in [6, 6.07) is 20.3. The van der Waals surface area contributed by atoms with Gasteiger partial charge in [0.15, 0.2) is 0 Å². The summed E-state index contributed by atoms with van der Waals surface area (Å²) in [5, 5.41) is 3.45. The molecule has 128 valence electrons. The Hall–Kier alpha value is -1.95. The van der Waals surface area contributed by atoms with E-state index in [1.54, 1.807) is 4.90 Å². The van der Waals surface area contributed by atoms with Gasteiger partial charge < -0.3 is 0 Å². The van der Waals surface area contributed by atoms with Gasteiger partial charge in [-0.05, 0) is 23.6 Å². The van der Waals surface area contributed by atoms with Gasteiger partial charge in [0.2, 0.25) is 0 Å². The smallest absolute Gasteiger partial charge is 0.267 e. The normalized spacial score (nSPS) is 17.3. The Labute approximate surface area is 158 Å². The van der Waals surface area contributed by atoms with E-state index in [9.17, 15) is 4.79 Å². The predicted octanol–water partition coefficient (Wildman–Crippen LogP) is 4.59. The lowest BCUT2D eigenvalue weighted by Crippen LogP contribution is -2.38. The van der Waals surface area contributed by atoms with Crippen molar-refractivity contribution in [1.82, 2.24) is 10.2 Å². The molecule has 5 heteroatoms. The summed E-state index contributed by atoms with van der Waals surface area (Å²) < 4.78 is 0.600. The van der Waals surface area contributed by atoms with Crippen LogP contribution in [0, 0.1) is 0 Å². The van der Waals surface area contributed by atoms with Gasteiger partial charge in [0.05, 0.1) is 11.6 Å². The third kappa shape index (κ3) is 4.37. The molecule has 2 aromatic carbocycles. The van der Waals surface area contributed by atoms with Crippen LogP contribution >= 0.6 is 24.0 Å². The molecule has 0 radical (unpaired) electrons. The molecule has 0 spiro atoms. The van der Waals surface area contributed by atoms with Crippen molar-refractivity contribution < 1.29 is 4.79 Å². The molecule has 1 amide bonds. The Kier molecular flexibility index (Phi) is 6.02. The summed E-state index contributed by atoms with van der Waals surface area (Å²) in [6.45, 7) is 2.55. The predicted molar refractivity (Wildman–Crippen MR) is 109 cm³/mol. The molecule has 3 rings (SSSR count). The van der Waals surface area contributed by atoms with Crippen LogP contribution in [0.5, 0.6) is 0 Å². The second-order valence-corrected chi connectivity index (χ2v) is 7.43. The summed E-state index contributed by atoms with van der Waals surface area (Å²) in [5.74, 6) is -0.0331. The van der Waals surface area contributed by atoms with E-state index in [-0.39, 0.29) is 11.9 Å². The number of hydrogen-bond acceptors (Lipinski definition) is 4. The summed E-state index contributed by atoms with van der Waals surface area (Å²) in [5.41, 5.74) is 2.22. The molecule has 2 aromatic rings. The fourth-order valence-corrected chi connectivity index (χ4v) is 3.98. The first kappa shape index (κ1) is 17.9. The molecule has 0 bridgehead atoms. The molecule has 25 heavy (non-hydrogen) atoms. The van der Waals surface area contributed by atoms with Gasteiger partial charge in [0.25, 0.3) is 5.91 Å². The maximum atomic E-state index is 12.7. The SMILES string of the molecule is CCC(NCN1C(=O)C(=Cc2ccccc2)SC1=S)c1ccccc1. The third-order valence-electron chi connectivity index (χ3n) is 4.08. The molecule has 1 N–H and O–H groups in total. The highest BCUT2D eigenvalue weighted by atomic mass is 32.2. The monoisotopic (exact) mass is 368 g/mol. The van der Waals surface area contributed by atoms with Crippen LogP contribution in [-0.2, 0) is 4.79 Å². The number of thioether (sulfide) groups is 1. The minimum atomic E-state index is -0.0331. The first-order valence-electron chi connectivity index (χ1n) is 8.27. The number of thiocarbonyl (C=S) groups is 1. The number of carbonyl (C=O) groups excluding carboxylic acids is 1. The first-order valence-corrected chi connectivity index (χ1v) is 9.50. The van der Waals surface area contributed by atoms with Crippen LogP contribution in [0.25, 0.3) is 6.08 Å². The van der Waals surface area contributed by atoms with Gasteiger partial charge in [-0.25, -0.2) is 0 Å². The molecular weight excluding hydrogens is 348 g/mol. The molecule has 1 unspecified atom stereocenters. The van der Waals surface area contributed by atoms with Crippen LogP contribution in [0.4, 0.5) is 0 Å². The van der Waals surface area contributed by atoms with Crippen LogP contribution in [0.2, 0.25) is 0 Å². The number of rotatable bonds is 6. The molecule has 0 aliphatic carbocycles. The van der Waals surface area contributed by atoms with Crippen molar-refractivity contribution in [2.24, 2.45) is 0 Å². The Morgan fingerprint density at radius 1 is 1.12 bits per heavy atom. The quantitative estimate of drug-likeness (QED) is 0.597. The topological polar surface area (TPSA) is 32.3 Å². The standard InChI is InChI=1S/C20H20N2OS2/c1-2-17(16-11-7-4-8-12-16)21-14-22-19(23)18(25-20(22)24)13-15-9-5-3-6-10-15/h3-13,17,21H,2,14H2,1H3. The van der Waals surface area contributed by atoms with Crippen molar-refractivity contribution in [2.45, 2.75) is 19.4 Å². The summed E-state index contributed by atoms with van der Waals surface area (Å²) >= 11 is 6.76. The molecule has 0 saturated carbocycles. The Morgan fingerprint density at radius 3 is 2.40 bits per heavy atom. The van der Waals surface area contributed by atoms with Gasteiger partial charge in [0, 0.05) is 6.04 Å². The molecule has 1 heterocycles. The van der Waals surface area contributed by atoms with Crippen LogP contribution in [0.3, 0.4) is 0 Å². The van der Waals surface area contributed by atoms with E-state index in [1.165, 1.54) is 17.3 Å². The number of nitrogens with one attached hydrogen (secondary N) is 1. The number of hydrogen-bond donors (Lipinski definition) is 1. The Bertz CT molecular complexity index is 775. The van der Waals surface area contributed by atoms with Crippen molar-refractivity contribution in [2.75, 3.05) is 6.67 Å². The fraction of sp³-hybridized carbons (Fsp3) is 0.200. The van der Waals surface area contributed by atoms with Crippen LogP contribution in [-0.4, -0.2) is 21.8 Å². The van der Waals surface area contributed by atoms with E-state index >= 15 is 0 Å². The molecule has 1 aliphatic rings. The van der Waals surface area contributed by atoms with Gasteiger partial charge in [-0.3, -0.25) is 15.0 Å². The van der Waals surface area contributed by atoms with Gasteiger partial charge in [0.1, 0.15) is 4.32 Å². The van der Waals surface area contributed by atoms with E-state index in [0.717, 1.165) is 12.0 Å². The minimum Gasteiger partial charge on any atom is -0.293 e.